The van der Waals surface area contributed by atoms with Crippen molar-refractivity contribution in [2.45, 2.75) is 6.92 Å². The van der Waals surface area contributed by atoms with Gasteiger partial charge in [0.2, 0.25) is 0 Å². The highest BCUT2D eigenvalue weighted by atomic mass is 16.3. The second-order valence-electron chi connectivity index (χ2n) is 11.3. The number of benzene rings is 6. The molecule has 0 fully saturated rings. The summed E-state index contributed by atoms with van der Waals surface area (Å²) in [6.45, 7) is 2.29. The summed E-state index contributed by atoms with van der Waals surface area (Å²) in [5.74, 6) is 0. The monoisotopic (exact) mass is 522 g/mol. The van der Waals surface area contributed by atoms with Gasteiger partial charge in [0.1, 0.15) is 11.2 Å². The van der Waals surface area contributed by atoms with Crippen LogP contribution in [0.5, 0.6) is 0 Å². The number of para-hydroxylation sites is 4. The fourth-order valence-corrected chi connectivity index (χ4v) is 7.72. The molecule has 0 N–H and O–H groups in total. The smallest absolute Gasteiger partial charge is 0.333 e. The highest BCUT2D eigenvalue weighted by Crippen LogP contribution is 2.49. The van der Waals surface area contributed by atoms with E-state index in [1.165, 1.54) is 66.5 Å². The van der Waals surface area contributed by atoms with Crippen molar-refractivity contribution in [3.63, 3.8) is 0 Å². The van der Waals surface area contributed by atoms with E-state index in [9.17, 15) is 0 Å². The fraction of sp³-hybridized carbons (Fsp3) is 0.0270. The molecule has 8 aromatic rings. The van der Waals surface area contributed by atoms with E-state index < -0.39 is 0 Å². The maximum absolute atomic E-state index is 6.72. The molecule has 0 unspecified atom stereocenters. The molecular weight excluding hydrogens is 499 g/mol. The average molecular weight is 522 g/mol. The number of furan rings is 1. The van der Waals surface area contributed by atoms with Crippen molar-refractivity contribution >= 4 is 72.9 Å². The lowest BCUT2D eigenvalue weighted by molar-refractivity contribution is 0.670. The molecule has 0 radical (unpaired) electrons. The van der Waals surface area contributed by atoms with Crippen LogP contribution in [0.2, 0.25) is 0 Å². The van der Waals surface area contributed by atoms with Crippen LogP contribution in [0.1, 0.15) is 5.56 Å². The van der Waals surface area contributed by atoms with Crippen molar-refractivity contribution in [3.05, 3.63) is 127 Å². The molecule has 6 aromatic carbocycles. The summed E-state index contributed by atoms with van der Waals surface area (Å²) in [6.07, 6.45) is 0. The predicted octanol–water partition coefficient (Wildman–Crippen LogP) is 8.23. The maximum Gasteiger partial charge on any atom is 0.333 e. The Morgan fingerprint density at radius 1 is 0.659 bits per heavy atom. The van der Waals surface area contributed by atoms with Crippen molar-refractivity contribution in [2.24, 2.45) is 0 Å². The Balaban J connectivity index is 1.47. The molecule has 0 aliphatic carbocycles. The second-order valence-corrected chi connectivity index (χ2v) is 11.3. The van der Waals surface area contributed by atoms with Gasteiger partial charge in [0, 0.05) is 44.2 Å². The van der Waals surface area contributed by atoms with Gasteiger partial charge in [0.25, 0.3) is 0 Å². The van der Waals surface area contributed by atoms with Crippen molar-refractivity contribution < 1.29 is 4.42 Å². The molecule has 2 aliphatic heterocycles. The van der Waals surface area contributed by atoms with Crippen molar-refractivity contribution in [1.29, 1.82) is 0 Å². The van der Waals surface area contributed by atoms with Crippen LogP contribution in [0.4, 0.5) is 11.4 Å². The first-order chi connectivity index (χ1) is 20.3. The van der Waals surface area contributed by atoms with Crippen LogP contribution in [0.25, 0.3) is 60.6 Å². The Labute approximate surface area is 237 Å². The van der Waals surface area contributed by atoms with E-state index in [-0.39, 0.29) is 6.85 Å². The summed E-state index contributed by atoms with van der Waals surface area (Å²) < 4.78 is 9.23. The summed E-state index contributed by atoms with van der Waals surface area (Å²) in [6, 6.07) is 44.0. The number of hydrogen-bond donors (Lipinski definition) is 0. The molecule has 41 heavy (non-hydrogen) atoms. The number of fused-ring (bicyclic) bond motifs is 12. The zero-order valence-electron chi connectivity index (χ0n) is 22.4. The number of nitrogens with zero attached hydrogens (tertiary/aromatic N) is 2. The van der Waals surface area contributed by atoms with Gasteiger partial charge in [-0.2, -0.15) is 0 Å². The van der Waals surface area contributed by atoms with Crippen molar-refractivity contribution in [1.82, 2.24) is 4.57 Å². The van der Waals surface area contributed by atoms with Crippen molar-refractivity contribution in [2.75, 3.05) is 4.81 Å². The SMILES string of the molecule is Cc1cc2c3c4c1c1ccccc1n4-c1ccccc1B3N(c1ccccc1)c1ccc3c(oc4ccccc43)c1-2. The molecule has 0 spiro atoms. The number of aryl methyl sites for hydroxylation is 1. The standard InChI is InChI=1S/C37H23BN2O/c1-22-21-27-34-31(20-19-25-24-13-6-10-18-32(24)41-37(25)34)40(23-11-3-2-4-12-23)38-28-15-7-9-17-30(28)39-29-16-8-5-14-26(29)33(22)36(39)35(27)38/h2-21H,1H3. The van der Waals surface area contributed by atoms with Crippen LogP contribution < -0.4 is 15.7 Å². The molecule has 10 rings (SSSR count). The molecule has 4 heterocycles. The lowest BCUT2D eigenvalue weighted by Crippen LogP contribution is -2.60. The minimum absolute atomic E-state index is 0.0258. The van der Waals surface area contributed by atoms with E-state index in [1.807, 2.05) is 0 Å². The molecule has 0 bridgehead atoms. The quantitative estimate of drug-likeness (QED) is 0.203. The first kappa shape index (κ1) is 21.6. The Morgan fingerprint density at radius 3 is 2.32 bits per heavy atom. The van der Waals surface area contributed by atoms with Gasteiger partial charge in [0.15, 0.2) is 0 Å². The summed E-state index contributed by atoms with van der Waals surface area (Å²) in [4.78, 5) is 2.54. The van der Waals surface area contributed by atoms with Gasteiger partial charge in [0.05, 0.1) is 11.0 Å². The Kier molecular flexibility index (Phi) is 3.95. The van der Waals surface area contributed by atoms with Crippen LogP contribution in [0.3, 0.4) is 0 Å². The molecular formula is C37H23BN2O. The van der Waals surface area contributed by atoms with Gasteiger partial charge in [-0.05, 0) is 71.4 Å². The Morgan fingerprint density at radius 2 is 1.41 bits per heavy atom. The van der Waals surface area contributed by atoms with Gasteiger partial charge in [-0.15, -0.1) is 0 Å². The minimum atomic E-state index is 0.0258. The van der Waals surface area contributed by atoms with Gasteiger partial charge in [-0.25, -0.2) is 0 Å². The van der Waals surface area contributed by atoms with Gasteiger partial charge in [-0.1, -0.05) is 78.9 Å². The van der Waals surface area contributed by atoms with Gasteiger partial charge < -0.3 is 13.8 Å². The van der Waals surface area contributed by atoms with Crippen LogP contribution in [-0.2, 0) is 0 Å². The molecule has 0 amide bonds. The summed E-state index contributed by atoms with van der Waals surface area (Å²) >= 11 is 0. The molecule has 190 valence electrons. The third kappa shape index (κ3) is 2.56. The number of hydrogen-bond acceptors (Lipinski definition) is 2. The van der Waals surface area contributed by atoms with Crippen LogP contribution >= 0.6 is 0 Å². The molecule has 0 atom stereocenters. The largest absolute Gasteiger partial charge is 0.455 e. The predicted molar refractivity (Wildman–Crippen MR) is 172 cm³/mol. The van der Waals surface area contributed by atoms with Crippen LogP contribution in [0.15, 0.2) is 126 Å². The highest BCUT2D eigenvalue weighted by Gasteiger charge is 2.44. The van der Waals surface area contributed by atoms with E-state index in [0.29, 0.717) is 0 Å². The third-order valence-electron chi connectivity index (χ3n) is 9.27. The minimum Gasteiger partial charge on any atom is -0.455 e. The molecule has 4 heteroatoms. The lowest BCUT2D eigenvalue weighted by atomic mass is 9.44. The van der Waals surface area contributed by atoms with Crippen LogP contribution in [-0.4, -0.2) is 11.4 Å². The number of aromatic nitrogens is 1. The van der Waals surface area contributed by atoms with Gasteiger partial charge in [-0.3, -0.25) is 0 Å². The highest BCUT2D eigenvalue weighted by molar-refractivity contribution is 6.93. The van der Waals surface area contributed by atoms with E-state index in [2.05, 4.69) is 138 Å². The summed E-state index contributed by atoms with van der Waals surface area (Å²) in [5.41, 5.74) is 14.5. The normalized spacial score (nSPS) is 13.4. The summed E-state index contributed by atoms with van der Waals surface area (Å²) in [5, 5.41) is 4.96. The van der Waals surface area contributed by atoms with Crippen molar-refractivity contribution in [3.8, 4) is 16.8 Å². The average Bonchev–Trinajstić information content (AvgIpc) is 3.58. The van der Waals surface area contributed by atoms with E-state index in [0.717, 1.165) is 21.9 Å². The molecule has 2 aromatic heterocycles. The van der Waals surface area contributed by atoms with E-state index in [1.54, 1.807) is 0 Å². The Bertz CT molecular complexity index is 2400. The topological polar surface area (TPSA) is 21.3 Å². The van der Waals surface area contributed by atoms with Gasteiger partial charge >= 0.3 is 6.85 Å². The Hall–Kier alpha value is -5.22. The molecule has 0 saturated carbocycles. The lowest BCUT2D eigenvalue weighted by Gasteiger charge is -2.42. The third-order valence-corrected chi connectivity index (χ3v) is 9.27. The first-order valence-corrected chi connectivity index (χ1v) is 14.2. The molecule has 2 aliphatic rings. The van der Waals surface area contributed by atoms with Crippen LogP contribution in [0, 0.1) is 6.92 Å². The first-order valence-electron chi connectivity index (χ1n) is 14.2. The molecule has 3 nitrogen and oxygen atoms in total. The summed E-state index contributed by atoms with van der Waals surface area (Å²) in [7, 11) is 0. The second kappa shape index (κ2) is 7.49. The maximum atomic E-state index is 6.72. The zero-order valence-corrected chi connectivity index (χ0v) is 22.4. The number of anilines is 2. The molecule has 0 saturated heterocycles. The van der Waals surface area contributed by atoms with E-state index >= 15 is 0 Å². The zero-order chi connectivity index (χ0) is 26.8. The number of rotatable bonds is 1. The fourth-order valence-electron chi connectivity index (χ4n) is 7.72. The van der Waals surface area contributed by atoms with E-state index in [4.69, 9.17) is 4.42 Å².